The summed E-state index contributed by atoms with van der Waals surface area (Å²) >= 11 is 0. The van der Waals surface area contributed by atoms with Crippen LogP contribution in [0, 0.1) is 0 Å². The molecule has 1 amide bonds. The first-order valence-corrected chi connectivity index (χ1v) is 8.75. The van der Waals surface area contributed by atoms with Gasteiger partial charge in [0.15, 0.2) is 6.10 Å². The summed E-state index contributed by atoms with van der Waals surface area (Å²) in [6, 6.07) is 14.3. The Bertz CT molecular complexity index is 736. The van der Waals surface area contributed by atoms with Crippen molar-refractivity contribution in [2.24, 2.45) is 0 Å². The number of ether oxygens (including phenoxy) is 2. The molecule has 0 aromatic heterocycles. The average Bonchev–Trinajstić information content (AvgIpc) is 2.63. The Labute approximate surface area is 154 Å². The van der Waals surface area contributed by atoms with Gasteiger partial charge in [0.05, 0.1) is 12.2 Å². The Balaban J connectivity index is 1.93. The molecule has 2 aromatic carbocycles. The zero-order chi connectivity index (χ0) is 19.1. The number of anilines is 1. The predicted octanol–water partition coefficient (Wildman–Crippen LogP) is 4.39. The lowest BCUT2D eigenvalue weighted by Gasteiger charge is -2.15. The van der Waals surface area contributed by atoms with Crippen molar-refractivity contribution in [2.75, 3.05) is 11.9 Å². The number of benzene rings is 2. The van der Waals surface area contributed by atoms with E-state index in [2.05, 4.69) is 19.2 Å². The van der Waals surface area contributed by atoms with Gasteiger partial charge < -0.3 is 14.8 Å². The smallest absolute Gasteiger partial charge is 0.338 e. The van der Waals surface area contributed by atoms with Crippen LogP contribution in [0.15, 0.2) is 48.5 Å². The standard InChI is InChI=1S/C21H25NO4/c1-5-25-21(24)17-6-10-18(11-7-17)22-20(23)15(4)26-19-12-8-16(9-13-19)14(2)3/h6-15H,5H2,1-4H3,(H,22,23)/t15-/m1/s1. The Hall–Kier alpha value is -2.82. The van der Waals surface area contributed by atoms with Crippen molar-refractivity contribution in [1.29, 1.82) is 0 Å². The van der Waals surface area contributed by atoms with Crippen LogP contribution in [-0.2, 0) is 9.53 Å². The van der Waals surface area contributed by atoms with Crippen LogP contribution in [0.3, 0.4) is 0 Å². The average molecular weight is 355 g/mol. The lowest BCUT2D eigenvalue weighted by Crippen LogP contribution is -2.30. The van der Waals surface area contributed by atoms with Gasteiger partial charge in [-0.05, 0) is 61.7 Å². The number of hydrogen-bond acceptors (Lipinski definition) is 4. The third-order valence-corrected chi connectivity index (χ3v) is 3.89. The first-order valence-electron chi connectivity index (χ1n) is 8.75. The molecule has 0 unspecified atom stereocenters. The van der Waals surface area contributed by atoms with Crippen LogP contribution < -0.4 is 10.1 Å². The highest BCUT2D eigenvalue weighted by Crippen LogP contribution is 2.20. The van der Waals surface area contributed by atoms with Crippen LogP contribution in [0.1, 0.15) is 49.5 Å². The lowest BCUT2D eigenvalue weighted by molar-refractivity contribution is -0.122. The normalized spacial score (nSPS) is 11.7. The molecule has 0 radical (unpaired) electrons. The topological polar surface area (TPSA) is 64.6 Å². The van der Waals surface area contributed by atoms with Gasteiger partial charge >= 0.3 is 5.97 Å². The minimum atomic E-state index is -0.648. The van der Waals surface area contributed by atoms with Crippen LogP contribution in [0.5, 0.6) is 5.75 Å². The fourth-order valence-corrected chi connectivity index (χ4v) is 2.34. The van der Waals surface area contributed by atoms with Gasteiger partial charge in [-0.15, -0.1) is 0 Å². The summed E-state index contributed by atoms with van der Waals surface area (Å²) in [5.41, 5.74) is 2.25. The molecule has 0 aliphatic rings. The second kappa shape index (κ2) is 9.04. The van der Waals surface area contributed by atoms with Gasteiger partial charge in [-0.1, -0.05) is 26.0 Å². The summed E-state index contributed by atoms with van der Waals surface area (Å²) < 4.78 is 10.6. The summed E-state index contributed by atoms with van der Waals surface area (Å²) in [5, 5.41) is 2.77. The van der Waals surface area contributed by atoms with Crippen LogP contribution in [0.4, 0.5) is 5.69 Å². The van der Waals surface area contributed by atoms with E-state index in [-0.39, 0.29) is 11.9 Å². The molecule has 0 aliphatic heterocycles. The number of esters is 1. The highest BCUT2D eigenvalue weighted by atomic mass is 16.5. The van der Waals surface area contributed by atoms with Crippen molar-refractivity contribution in [3.8, 4) is 5.75 Å². The van der Waals surface area contributed by atoms with E-state index in [1.807, 2.05) is 24.3 Å². The molecule has 2 aromatic rings. The van der Waals surface area contributed by atoms with Crippen molar-refractivity contribution < 1.29 is 19.1 Å². The molecule has 0 saturated carbocycles. The number of carbonyl (C=O) groups excluding carboxylic acids is 2. The molecule has 138 valence electrons. The van der Waals surface area contributed by atoms with E-state index in [0.717, 1.165) is 0 Å². The van der Waals surface area contributed by atoms with Gasteiger partial charge in [0.25, 0.3) is 5.91 Å². The maximum atomic E-state index is 12.3. The molecule has 1 N–H and O–H groups in total. The van der Waals surface area contributed by atoms with E-state index in [4.69, 9.17) is 9.47 Å². The van der Waals surface area contributed by atoms with Gasteiger partial charge in [0, 0.05) is 5.69 Å². The monoisotopic (exact) mass is 355 g/mol. The Morgan fingerprint density at radius 1 is 0.962 bits per heavy atom. The molecule has 2 rings (SSSR count). The van der Waals surface area contributed by atoms with E-state index in [1.165, 1.54) is 5.56 Å². The van der Waals surface area contributed by atoms with Gasteiger partial charge in [-0.3, -0.25) is 4.79 Å². The Morgan fingerprint density at radius 3 is 2.12 bits per heavy atom. The van der Waals surface area contributed by atoms with Crippen LogP contribution >= 0.6 is 0 Å². The van der Waals surface area contributed by atoms with Crippen LogP contribution in [-0.4, -0.2) is 24.6 Å². The number of hydrogen-bond donors (Lipinski definition) is 1. The number of carbonyl (C=O) groups is 2. The van der Waals surface area contributed by atoms with E-state index < -0.39 is 6.10 Å². The highest BCUT2D eigenvalue weighted by Gasteiger charge is 2.15. The van der Waals surface area contributed by atoms with Crippen molar-refractivity contribution >= 4 is 17.6 Å². The zero-order valence-electron chi connectivity index (χ0n) is 15.6. The van der Waals surface area contributed by atoms with Crippen LogP contribution in [0.2, 0.25) is 0 Å². The predicted molar refractivity (Wildman–Crippen MR) is 102 cm³/mol. The number of nitrogens with one attached hydrogen (secondary N) is 1. The summed E-state index contributed by atoms with van der Waals surface area (Å²) in [6.45, 7) is 8.02. The summed E-state index contributed by atoms with van der Waals surface area (Å²) in [5.74, 6) is 0.450. The third-order valence-electron chi connectivity index (χ3n) is 3.89. The molecule has 0 aliphatic carbocycles. The molecule has 0 bridgehead atoms. The maximum Gasteiger partial charge on any atom is 0.338 e. The summed E-state index contributed by atoms with van der Waals surface area (Å²) in [7, 11) is 0. The maximum absolute atomic E-state index is 12.3. The first kappa shape index (κ1) is 19.5. The largest absolute Gasteiger partial charge is 0.481 e. The van der Waals surface area contributed by atoms with Gasteiger partial charge in [0.1, 0.15) is 5.75 Å². The second-order valence-electron chi connectivity index (χ2n) is 6.27. The van der Waals surface area contributed by atoms with Gasteiger partial charge in [-0.2, -0.15) is 0 Å². The first-order chi connectivity index (χ1) is 12.4. The highest BCUT2D eigenvalue weighted by molar-refractivity contribution is 5.95. The van der Waals surface area contributed by atoms with Crippen molar-refractivity contribution in [3.63, 3.8) is 0 Å². The molecule has 0 fully saturated rings. The van der Waals surface area contributed by atoms with E-state index in [9.17, 15) is 9.59 Å². The molecule has 26 heavy (non-hydrogen) atoms. The SMILES string of the molecule is CCOC(=O)c1ccc(NC(=O)[C@@H](C)Oc2ccc(C(C)C)cc2)cc1. The van der Waals surface area contributed by atoms with Crippen LogP contribution in [0.25, 0.3) is 0 Å². The molecule has 5 nitrogen and oxygen atoms in total. The molecule has 1 atom stereocenters. The number of amides is 1. The molecule has 0 heterocycles. The Kier molecular flexibility index (Phi) is 6.78. The minimum Gasteiger partial charge on any atom is -0.481 e. The lowest BCUT2D eigenvalue weighted by atomic mass is 10.0. The third kappa shape index (κ3) is 5.34. The minimum absolute atomic E-state index is 0.262. The fraction of sp³-hybridized carbons (Fsp3) is 0.333. The summed E-state index contributed by atoms with van der Waals surface area (Å²) in [4.78, 5) is 23.9. The Morgan fingerprint density at radius 2 is 1.58 bits per heavy atom. The van der Waals surface area contributed by atoms with E-state index >= 15 is 0 Å². The van der Waals surface area contributed by atoms with Crippen molar-refractivity contribution in [2.45, 2.75) is 39.7 Å². The summed E-state index contributed by atoms with van der Waals surface area (Å²) in [6.07, 6.45) is -0.648. The number of rotatable bonds is 7. The fourth-order valence-electron chi connectivity index (χ4n) is 2.34. The second-order valence-corrected chi connectivity index (χ2v) is 6.27. The molecule has 0 saturated heterocycles. The molecular weight excluding hydrogens is 330 g/mol. The molecular formula is C21H25NO4. The van der Waals surface area contributed by atoms with Gasteiger partial charge in [-0.25, -0.2) is 4.79 Å². The van der Waals surface area contributed by atoms with Crippen molar-refractivity contribution in [1.82, 2.24) is 0 Å². The molecule has 0 spiro atoms. The quantitative estimate of drug-likeness (QED) is 0.748. The van der Waals surface area contributed by atoms with E-state index in [1.54, 1.807) is 38.1 Å². The molecule has 5 heteroatoms. The van der Waals surface area contributed by atoms with Crippen molar-refractivity contribution in [3.05, 3.63) is 59.7 Å². The van der Waals surface area contributed by atoms with E-state index in [0.29, 0.717) is 29.5 Å². The van der Waals surface area contributed by atoms with Gasteiger partial charge in [0.2, 0.25) is 0 Å². The zero-order valence-corrected chi connectivity index (χ0v) is 15.6.